The predicted molar refractivity (Wildman–Crippen MR) is 80.1 cm³/mol. The Hall–Kier alpha value is -1.98. The van der Waals surface area contributed by atoms with Crippen LogP contribution >= 0.6 is 23.2 Å². The van der Waals surface area contributed by atoms with Crippen LogP contribution in [0.3, 0.4) is 0 Å². The summed E-state index contributed by atoms with van der Waals surface area (Å²) < 4.78 is 5.00. The highest BCUT2D eigenvalue weighted by Gasteiger charge is 2.05. The maximum absolute atomic E-state index is 9.87. The molecule has 0 spiro atoms. The van der Waals surface area contributed by atoms with Gasteiger partial charge in [-0.05, 0) is 18.2 Å². The van der Waals surface area contributed by atoms with Crippen LogP contribution in [-0.4, -0.2) is 23.4 Å². The number of aromatic nitrogens is 1. The van der Waals surface area contributed by atoms with E-state index in [9.17, 15) is 5.11 Å². The summed E-state index contributed by atoms with van der Waals surface area (Å²) in [7, 11) is 1.48. The fourth-order valence-corrected chi connectivity index (χ4v) is 1.89. The highest BCUT2D eigenvalue weighted by atomic mass is 35.5. The number of hydrazone groups is 1. The molecule has 0 unspecified atom stereocenters. The van der Waals surface area contributed by atoms with Gasteiger partial charge in [0.2, 0.25) is 0 Å². The first-order valence-corrected chi connectivity index (χ1v) is 6.33. The van der Waals surface area contributed by atoms with Gasteiger partial charge in [-0.15, -0.1) is 0 Å². The normalized spacial score (nSPS) is 10.8. The number of nitrogens with one attached hydrogen (secondary N) is 1. The summed E-state index contributed by atoms with van der Waals surface area (Å²) in [5.74, 6) is 0.752. The number of hydrogen-bond donors (Lipinski definition) is 2. The second kappa shape index (κ2) is 6.45. The average molecular weight is 312 g/mol. The Bertz CT molecular complexity index is 648. The lowest BCUT2D eigenvalue weighted by atomic mass is 10.2. The zero-order valence-electron chi connectivity index (χ0n) is 10.5. The summed E-state index contributed by atoms with van der Waals surface area (Å²) >= 11 is 11.7. The molecule has 20 heavy (non-hydrogen) atoms. The Morgan fingerprint density at radius 3 is 2.90 bits per heavy atom. The van der Waals surface area contributed by atoms with Crippen LogP contribution in [0.2, 0.25) is 10.0 Å². The zero-order valence-corrected chi connectivity index (χ0v) is 12.0. The fourth-order valence-electron chi connectivity index (χ4n) is 1.47. The molecule has 0 amide bonds. The number of pyridine rings is 1. The Morgan fingerprint density at radius 1 is 1.40 bits per heavy atom. The average Bonchev–Trinajstić information content (AvgIpc) is 2.43. The third kappa shape index (κ3) is 3.31. The molecule has 0 aliphatic heterocycles. The van der Waals surface area contributed by atoms with Crippen molar-refractivity contribution in [2.24, 2.45) is 5.10 Å². The number of rotatable bonds is 4. The lowest BCUT2D eigenvalue weighted by Gasteiger charge is -2.05. The standard InChI is InChI=1S/C13H11Cl2N3O2/c1-20-11-4-2-3-8(12(11)19)6-17-18-13-10(15)5-9(14)7-16-13/h2-7,19H,1H3,(H,16,18)/b17-6+. The molecule has 0 radical (unpaired) electrons. The van der Waals surface area contributed by atoms with Crippen LogP contribution in [0, 0.1) is 0 Å². The minimum absolute atomic E-state index is 0.00992. The molecular formula is C13H11Cl2N3O2. The molecule has 0 aliphatic carbocycles. The van der Waals surface area contributed by atoms with Gasteiger partial charge in [-0.3, -0.25) is 5.43 Å². The molecule has 1 aromatic heterocycles. The van der Waals surface area contributed by atoms with Crippen molar-refractivity contribution in [1.29, 1.82) is 0 Å². The van der Waals surface area contributed by atoms with Crippen LogP contribution in [0.15, 0.2) is 35.6 Å². The van der Waals surface area contributed by atoms with Gasteiger partial charge in [0.05, 0.1) is 23.4 Å². The maximum Gasteiger partial charge on any atom is 0.166 e. The monoisotopic (exact) mass is 311 g/mol. The van der Waals surface area contributed by atoms with E-state index in [0.717, 1.165) is 0 Å². The van der Waals surface area contributed by atoms with E-state index in [1.807, 2.05) is 0 Å². The van der Waals surface area contributed by atoms with Crippen LogP contribution in [-0.2, 0) is 0 Å². The third-order valence-corrected chi connectivity index (χ3v) is 2.93. The summed E-state index contributed by atoms with van der Waals surface area (Å²) in [6.45, 7) is 0. The maximum atomic E-state index is 9.87. The van der Waals surface area contributed by atoms with Gasteiger partial charge in [-0.1, -0.05) is 29.3 Å². The number of nitrogens with zero attached hydrogens (tertiary/aromatic N) is 2. The van der Waals surface area contributed by atoms with Gasteiger partial charge in [0, 0.05) is 11.8 Å². The molecule has 0 fully saturated rings. The van der Waals surface area contributed by atoms with Crippen molar-refractivity contribution in [3.63, 3.8) is 0 Å². The second-order valence-corrected chi connectivity index (χ2v) is 4.60. The van der Waals surface area contributed by atoms with E-state index in [0.29, 0.717) is 27.2 Å². The van der Waals surface area contributed by atoms with E-state index < -0.39 is 0 Å². The molecule has 104 valence electrons. The molecule has 2 rings (SSSR count). The number of aromatic hydroxyl groups is 1. The van der Waals surface area contributed by atoms with Crippen LogP contribution in [0.1, 0.15) is 5.56 Å². The minimum Gasteiger partial charge on any atom is -0.504 e. The largest absolute Gasteiger partial charge is 0.504 e. The minimum atomic E-state index is 0.00992. The molecule has 1 heterocycles. The number of benzene rings is 1. The number of ether oxygens (including phenoxy) is 1. The number of anilines is 1. The fraction of sp³-hybridized carbons (Fsp3) is 0.0769. The summed E-state index contributed by atoms with van der Waals surface area (Å²) in [5.41, 5.74) is 3.17. The first-order chi connectivity index (χ1) is 9.61. The number of halogens is 2. The highest BCUT2D eigenvalue weighted by molar-refractivity contribution is 6.35. The topological polar surface area (TPSA) is 66.7 Å². The first kappa shape index (κ1) is 14.4. The zero-order chi connectivity index (χ0) is 14.5. The molecule has 0 saturated heterocycles. The van der Waals surface area contributed by atoms with Crippen LogP contribution in [0.4, 0.5) is 5.82 Å². The van der Waals surface area contributed by atoms with Crippen molar-refractivity contribution < 1.29 is 9.84 Å². The van der Waals surface area contributed by atoms with E-state index >= 15 is 0 Å². The molecule has 0 atom stereocenters. The van der Waals surface area contributed by atoms with Crippen LogP contribution in [0.5, 0.6) is 11.5 Å². The van der Waals surface area contributed by atoms with Gasteiger partial charge in [-0.25, -0.2) is 4.98 Å². The molecule has 0 bridgehead atoms. The number of hydrogen-bond acceptors (Lipinski definition) is 5. The van der Waals surface area contributed by atoms with Crippen molar-refractivity contribution in [2.45, 2.75) is 0 Å². The van der Waals surface area contributed by atoms with Gasteiger partial charge in [0.25, 0.3) is 0 Å². The number of phenolic OH excluding ortho intramolecular Hbond substituents is 1. The SMILES string of the molecule is COc1cccc(/C=N/Nc2ncc(Cl)cc2Cl)c1O. The quantitative estimate of drug-likeness (QED) is 0.669. The van der Waals surface area contributed by atoms with Crippen LogP contribution in [0.25, 0.3) is 0 Å². The molecule has 0 saturated carbocycles. The predicted octanol–water partition coefficient (Wildman–Crippen LogP) is 3.55. The molecule has 0 aliphatic rings. The van der Waals surface area contributed by atoms with Crippen molar-refractivity contribution >= 4 is 35.2 Å². The molecular weight excluding hydrogens is 301 g/mol. The van der Waals surface area contributed by atoms with Gasteiger partial charge in [-0.2, -0.15) is 5.10 Å². The Labute approximate surface area is 125 Å². The number of phenols is 1. The highest BCUT2D eigenvalue weighted by Crippen LogP contribution is 2.28. The molecule has 7 heteroatoms. The number of para-hydroxylation sites is 1. The van der Waals surface area contributed by atoms with Gasteiger partial charge in [0.15, 0.2) is 17.3 Å². The van der Waals surface area contributed by atoms with Gasteiger partial charge < -0.3 is 9.84 Å². The Kier molecular flexibility index (Phi) is 4.65. The molecule has 5 nitrogen and oxygen atoms in total. The lowest BCUT2D eigenvalue weighted by molar-refractivity contribution is 0.373. The molecule has 1 aromatic carbocycles. The summed E-state index contributed by atoms with van der Waals surface area (Å²) in [6.07, 6.45) is 2.89. The summed E-state index contributed by atoms with van der Waals surface area (Å²) in [4.78, 5) is 3.99. The van der Waals surface area contributed by atoms with Gasteiger partial charge in [0.1, 0.15) is 0 Å². The van der Waals surface area contributed by atoms with Crippen molar-refractivity contribution in [1.82, 2.24) is 4.98 Å². The van der Waals surface area contributed by atoms with Gasteiger partial charge >= 0.3 is 0 Å². The Morgan fingerprint density at radius 2 is 2.20 bits per heavy atom. The third-order valence-electron chi connectivity index (χ3n) is 2.43. The van der Waals surface area contributed by atoms with Crippen LogP contribution < -0.4 is 10.2 Å². The summed E-state index contributed by atoms with van der Waals surface area (Å²) in [6, 6.07) is 6.64. The van der Waals surface area contributed by atoms with E-state index in [1.165, 1.54) is 19.5 Å². The van der Waals surface area contributed by atoms with Crippen molar-refractivity contribution in [2.75, 3.05) is 12.5 Å². The van der Waals surface area contributed by atoms with E-state index in [-0.39, 0.29) is 5.75 Å². The smallest absolute Gasteiger partial charge is 0.166 e. The molecule has 2 N–H and O–H groups in total. The van der Waals surface area contributed by atoms with Crippen molar-refractivity contribution in [3.05, 3.63) is 46.1 Å². The van der Waals surface area contributed by atoms with E-state index in [1.54, 1.807) is 24.3 Å². The number of methoxy groups -OCH3 is 1. The Balaban J connectivity index is 2.14. The van der Waals surface area contributed by atoms with Crippen molar-refractivity contribution in [3.8, 4) is 11.5 Å². The first-order valence-electron chi connectivity index (χ1n) is 5.58. The molecule has 2 aromatic rings. The van der Waals surface area contributed by atoms with E-state index in [2.05, 4.69) is 15.5 Å². The lowest BCUT2D eigenvalue weighted by Crippen LogP contribution is -1.95. The second-order valence-electron chi connectivity index (χ2n) is 3.75. The summed E-state index contributed by atoms with van der Waals surface area (Å²) in [5, 5.41) is 14.6. The van der Waals surface area contributed by atoms with E-state index in [4.69, 9.17) is 27.9 Å².